The molecule has 1 aromatic rings. The second kappa shape index (κ2) is 5.73. The maximum Gasteiger partial charge on any atom is 0.254 e. The summed E-state index contributed by atoms with van der Waals surface area (Å²) in [5, 5.41) is 0. The molecule has 2 fully saturated rings. The average molecular weight is 293 g/mol. The molecule has 1 aromatic carbocycles. The van der Waals surface area contributed by atoms with Gasteiger partial charge in [-0.05, 0) is 37.5 Å². The van der Waals surface area contributed by atoms with Gasteiger partial charge in [-0.1, -0.05) is 6.07 Å². The third-order valence-corrected chi connectivity index (χ3v) is 4.48. The van der Waals surface area contributed by atoms with Crippen molar-refractivity contribution in [2.75, 3.05) is 26.8 Å². The molecule has 114 valence electrons. The molecule has 0 N–H and O–H groups in total. The van der Waals surface area contributed by atoms with Crippen molar-refractivity contribution >= 4 is 5.91 Å². The van der Waals surface area contributed by atoms with Gasteiger partial charge in [0.2, 0.25) is 0 Å². The minimum Gasteiger partial charge on any atom is -0.378 e. The number of nitrogens with zero attached hydrogens (tertiary/aromatic N) is 1. The van der Waals surface area contributed by atoms with E-state index in [9.17, 15) is 9.18 Å². The fourth-order valence-corrected chi connectivity index (χ4v) is 3.45. The van der Waals surface area contributed by atoms with Gasteiger partial charge in [0.15, 0.2) is 0 Å². The first-order valence-corrected chi connectivity index (χ1v) is 7.36. The third-order valence-electron chi connectivity index (χ3n) is 4.48. The van der Waals surface area contributed by atoms with Crippen molar-refractivity contribution in [3.8, 4) is 0 Å². The lowest BCUT2D eigenvalue weighted by atomic mass is 9.86. The standard InChI is InChI=1S/C16H20FNO3/c1-20-14-6-8-18(11-16(14)7-3-9-21-16)15(19)12-4-2-5-13(17)10-12/h2,4-5,10,14H,3,6-9,11H2,1H3/t14-,16-/m0/s1. The van der Waals surface area contributed by atoms with Crippen LogP contribution in [-0.4, -0.2) is 49.3 Å². The quantitative estimate of drug-likeness (QED) is 0.839. The molecule has 0 saturated carbocycles. The fourth-order valence-electron chi connectivity index (χ4n) is 3.45. The van der Waals surface area contributed by atoms with Gasteiger partial charge in [-0.25, -0.2) is 4.39 Å². The summed E-state index contributed by atoms with van der Waals surface area (Å²) in [4.78, 5) is 14.3. The predicted octanol–water partition coefficient (Wildman–Crippen LogP) is 2.24. The minimum absolute atomic E-state index is 0.0246. The number of carbonyl (C=O) groups is 1. The summed E-state index contributed by atoms with van der Waals surface area (Å²) < 4.78 is 24.8. The van der Waals surface area contributed by atoms with Crippen LogP contribution >= 0.6 is 0 Å². The molecule has 0 bridgehead atoms. The number of amides is 1. The van der Waals surface area contributed by atoms with E-state index in [-0.39, 0.29) is 17.8 Å². The Bertz CT molecular complexity index is 528. The van der Waals surface area contributed by atoms with Crippen molar-refractivity contribution in [1.29, 1.82) is 0 Å². The number of ether oxygens (including phenoxy) is 2. The molecule has 0 radical (unpaired) electrons. The summed E-state index contributed by atoms with van der Waals surface area (Å²) in [6.45, 7) is 1.83. The molecule has 2 saturated heterocycles. The second-order valence-corrected chi connectivity index (χ2v) is 5.77. The van der Waals surface area contributed by atoms with Gasteiger partial charge < -0.3 is 14.4 Å². The highest BCUT2D eigenvalue weighted by atomic mass is 19.1. The number of carbonyl (C=O) groups excluding carboxylic acids is 1. The number of piperidine rings is 1. The van der Waals surface area contributed by atoms with E-state index in [2.05, 4.69) is 0 Å². The zero-order chi connectivity index (χ0) is 14.9. The summed E-state index contributed by atoms with van der Waals surface area (Å²) in [6.07, 6.45) is 2.66. The monoisotopic (exact) mass is 293 g/mol. The van der Waals surface area contributed by atoms with Gasteiger partial charge in [0.25, 0.3) is 5.91 Å². The summed E-state index contributed by atoms with van der Waals surface area (Å²) in [5.41, 5.74) is -0.00490. The molecular weight excluding hydrogens is 273 g/mol. The summed E-state index contributed by atoms with van der Waals surface area (Å²) >= 11 is 0. The third kappa shape index (κ3) is 2.68. The first-order chi connectivity index (χ1) is 10.1. The molecule has 2 heterocycles. The Morgan fingerprint density at radius 2 is 2.38 bits per heavy atom. The topological polar surface area (TPSA) is 38.8 Å². The molecule has 2 aliphatic rings. The number of likely N-dealkylation sites (tertiary alicyclic amines) is 1. The van der Waals surface area contributed by atoms with E-state index in [1.165, 1.54) is 12.1 Å². The lowest BCUT2D eigenvalue weighted by Gasteiger charge is -2.44. The van der Waals surface area contributed by atoms with Gasteiger partial charge in [-0.2, -0.15) is 0 Å². The number of rotatable bonds is 2. The van der Waals surface area contributed by atoms with Crippen LogP contribution in [0.15, 0.2) is 24.3 Å². The van der Waals surface area contributed by atoms with Crippen molar-refractivity contribution in [3.63, 3.8) is 0 Å². The van der Waals surface area contributed by atoms with Crippen molar-refractivity contribution in [3.05, 3.63) is 35.6 Å². The number of benzene rings is 1. The zero-order valence-electron chi connectivity index (χ0n) is 12.2. The van der Waals surface area contributed by atoms with Crippen LogP contribution in [0.5, 0.6) is 0 Å². The van der Waals surface area contributed by atoms with Gasteiger partial charge in [0.1, 0.15) is 11.4 Å². The first kappa shape index (κ1) is 14.5. The number of methoxy groups -OCH3 is 1. The van der Waals surface area contributed by atoms with E-state index in [0.29, 0.717) is 25.3 Å². The SMILES string of the molecule is CO[C@H]1CCN(C(=O)c2cccc(F)c2)C[C@@]12CCCO2. The normalized spacial score (nSPS) is 29.0. The lowest BCUT2D eigenvalue weighted by Crippen LogP contribution is -2.58. The van der Waals surface area contributed by atoms with E-state index >= 15 is 0 Å². The molecule has 1 spiro atoms. The van der Waals surface area contributed by atoms with Crippen LogP contribution in [0.25, 0.3) is 0 Å². The van der Waals surface area contributed by atoms with Gasteiger partial charge in [0, 0.05) is 25.8 Å². The fraction of sp³-hybridized carbons (Fsp3) is 0.562. The molecule has 0 aliphatic carbocycles. The van der Waals surface area contributed by atoms with E-state index in [4.69, 9.17) is 9.47 Å². The summed E-state index contributed by atoms with van der Waals surface area (Å²) in [7, 11) is 1.69. The Kier molecular flexibility index (Phi) is 3.95. The van der Waals surface area contributed by atoms with Crippen LogP contribution in [-0.2, 0) is 9.47 Å². The summed E-state index contributed by atoms with van der Waals surface area (Å²) in [5.74, 6) is -0.529. The molecule has 1 amide bonds. The van der Waals surface area contributed by atoms with Crippen molar-refractivity contribution < 1.29 is 18.7 Å². The second-order valence-electron chi connectivity index (χ2n) is 5.77. The van der Waals surface area contributed by atoms with E-state index in [1.807, 2.05) is 0 Å². The molecule has 3 rings (SSSR count). The Hall–Kier alpha value is -1.46. The number of hydrogen-bond acceptors (Lipinski definition) is 3. The van der Waals surface area contributed by atoms with Crippen LogP contribution in [0.3, 0.4) is 0 Å². The molecule has 4 nitrogen and oxygen atoms in total. The van der Waals surface area contributed by atoms with Crippen molar-refractivity contribution in [2.45, 2.75) is 31.0 Å². The van der Waals surface area contributed by atoms with Gasteiger partial charge in [-0.15, -0.1) is 0 Å². The van der Waals surface area contributed by atoms with Crippen molar-refractivity contribution in [2.24, 2.45) is 0 Å². The molecule has 2 atom stereocenters. The van der Waals surface area contributed by atoms with E-state index < -0.39 is 5.60 Å². The first-order valence-electron chi connectivity index (χ1n) is 7.36. The van der Waals surface area contributed by atoms with Crippen LogP contribution in [0.2, 0.25) is 0 Å². The maximum absolute atomic E-state index is 13.3. The highest BCUT2D eigenvalue weighted by molar-refractivity contribution is 5.94. The lowest BCUT2D eigenvalue weighted by molar-refractivity contribution is -0.137. The van der Waals surface area contributed by atoms with Gasteiger partial charge in [0.05, 0.1) is 12.6 Å². The average Bonchev–Trinajstić information content (AvgIpc) is 2.95. The van der Waals surface area contributed by atoms with Gasteiger partial charge in [-0.3, -0.25) is 4.79 Å². The minimum atomic E-state index is -0.393. The Morgan fingerprint density at radius 3 is 3.05 bits per heavy atom. The molecular formula is C16H20FNO3. The Balaban J connectivity index is 1.79. The molecule has 2 aliphatic heterocycles. The molecule has 5 heteroatoms. The van der Waals surface area contributed by atoms with E-state index in [1.54, 1.807) is 24.1 Å². The largest absolute Gasteiger partial charge is 0.378 e. The molecule has 21 heavy (non-hydrogen) atoms. The highest BCUT2D eigenvalue weighted by Crippen LogP contribution is 2.36. The highest BCUT2D eigenvalue weighted by Gasteiger charge is 2.48. The predicted molar refractivity (Wildman–Crippen MR) is 75.6 cm³/mol. The van der Waals surface area contributed by atoms with Crippen LogP contribution < -0.4 is 0 Å². The molecule has 0 unspecified atom stereocenters. The van der Waals surface area contributed by atoms with Crippen LogP contribution in [0.1, 0.15) is 29.6 Å². The number of hydrogen-bond donors (Lipinski definition) is 0. The van der Waals surface area contributed by atoms with Crippen LogP contribution in [0.4, 0.5) is 4.39 Å². The maximum atomic E-state index is 13.3. The molecule has 0 aromatic heterocycles. The van der Waals surface area contributed by atoms with Crippen molar-refractivity contribution in [1.82, 2.24) is 4.90 Å². The summed E-state index contributed by atoms with van der Waals surface area (Å²) in [6, 6.07) is 5.84. The van der Waals surface area contributed by atoms with Gasteiger partial charge >= 0.3 is 0 Å². The number of halogens is 1. The van der Waals surface area contributed by atoms with Crippen LogP contribution in [0, 0.1) is 5.82 Å². The van der Waals surface area contributed by atoms with E-state index in [0.717, 1.165) is 19.3 Å². The smallest absolute Gasteiger partial charge is 0.254 e. The zero-order valence-corrected chi connectivity index (χ0v) is 12.2. The Labute approximate surface area is 123 Å². The Morgan fingerprint density at radius 1 is 1.52 bits per heavy atom.